The van der Waals surface area contributed by atoms with Gasteiger partial charge in [0.15, 0.2) is 6.61 Å². The van der Waals surface area contributed by atoms with E-state index in [2.05, 4.69) is 5.32 Å². The van der Waals surface area contributed by atoms with Crippen LogP contribution in [0.2, 0.25) is 0 Å². The van der Waals surface area contributed by atoms with Crippen LogP contribution in [0, 0.1) is 20.8 Å². The van der Waals surface area contributed by atoms with Gasteiger partial charge in [0.1, 0.15) is 9.88 Å². The van der Waals surface area contributed by atoms with Crippen molar-refractivity contribution in [3.05, 3.63) is 37.9 Å². The first-order chi connectivity index (χ1) is 11.8. The minimum absolute atomic E-state index is 0.248. The van der Waals surface area contributed by atoms with Crippen LogP contribution in [0.25, 0.3) is 0 Å². The minimum atomic E-state index is -0.535. The Balaban J connectivity index is 2.03. The van der Waals surface area contributed by atoms with Gasteiger partial charge in [0, 0.05) is 4.88 Å². The molecule has 0 aliphatic heterocycles. The Hall–Kier alpha value is -2.19. The summed E-state index contributed by atoms with van der Waals surface area (Å²) in [4.78, 5) is 37.5. The Morgan fingerprint density at radius 2 is 1.84 bits per heavy atom. The van der Waals surface area contributed by atoms with Crippen LogP contribution in [0.5, 0.6) is 0 Å². The van der Waals surface area contributed by atoms with Crippen LogP contribution in [0.1, 0.15) is 43.0 Å². The van der Waals surface area contributed by atoms with Gasteiger partial charge in [-0.1, -0.05) is 0 Å². The number of carbonyl (C=O) groups excluding carboxylic acids is 3. The molecule has 6 nitrogen and oxygen atoms in total. The lowest BCUT2D eigenvalue weighted by molar-refractivity contribution is -0.119. The molecule has 0 unspecified atom stereocenters. The molecule has 134 valence electrons. The summed E-state index contributed by atoms with van der Waals surface area (Å²) in [5.41, 5.74) is 1.92. The normalized spacial score (nSPS) is 10.4. The van der Waals surface area contributed by atoms with E-state index in [0.29, 0.717) is 15.4 Å². The molecule has 0 spiro atoms. The number of rotatable bonds is 6. The van der Waals surface area contributed by atoms with E-state index in [1.165, 1.54) is 22.7 Å². The number of anilines is 1. The highest BCUT2D eigenvalue weighted by Gasteiger charge is 2.22. The van der Waals surface area contributed by atoms with Crippen LogP contribution in [0.3, 0.4) is 0 Å². The van der Waals surface area contributed by atoms with E-state index in [9.17, 15) is 14.4 Å². The van der Waals surface area contributed by atoms with Crippen LogP contribution in [0.15, 0.2) is 11.4 Å². The van der Waals surface area contributed by atoms with Gasteiger partial charge < -0.3 is 14.8 Å². The summed E-state index contributed by atoms with van der Waals surface area (Å²) in [5.74, 6) is -1.52. The summed E-state index contributed by atoms with van der Waals surface area (Å²) >= 11 is 2.55. The Morgan fingerprint density at radius 1 is 1.12 bits per heavy atom. The molecule has 0 bridgehead atoms. The molecule has 0 atom stereocenters. The van der Waals surface area contributed by atoms with Crippen molar-refractivity contribution in [1.82, 2.24) is 0 Å². The average molecular weight is 381 g/mol. The second-order valence-electron chi connectivity index (χ2n) is 5.26. The van der Waals surface area contributed by atoms with Crippen LogP contribution in [-0.2, 0) is 14.3 Å². The Kier molecular flexibility index (Phi) is 6.33. The number of amides is 1. The second kappa shape index (κ2) is 8.26. The van der Waals surface area contributed by atoms with Gasteiger partial charge in [-0.05, 0) is 50.3 Å². The van der Waals surface area contributed by atoms with Gasteiger partial charge in [-0.25, -0.2) is 9.59 Å². The molecule has 2 aromatic rings. The molecule has 2 rings (SSSR count). The number of hydrogen-bond acceptors (Lipinski definition) is 7. The molecule has 0 aliphatic carbocycles. The third-order valence-electron chi connectivity index (χ3n) is 3.50. The summed E-state index contributed by atoms with van der Waals surface area (Å²) < 4.78 is 10.1. The van der Waals surface area contributed by atoms with Crippen molar-refractivity contribution in [2.45, 2.75) is 27.7 Å². The van der Waals surface area contributed by atoms with Crippen molar-refractivity contribution in [3.8, 4) is 0 Å². The van der Waals surface area contributed by atoms with Crippen LogP contribution in [-0.4, -0.2) is 31.1 Å². The molecule has 25 heavy (non-hydrogen) atoms. The fourth-order valence-electron chi connectivity index (χ4n) is 2.11. The standard InChI is InChI=1S/C17H19NO5S2/c1-5-22-16(20)13-10(3)11(4)25-15(13)18-12(19)8-23-17(21)14-9(2)6-7-24-14/h6-7H,5,8H2,1-4H3,(H,18,19). The molecule has 0 saturated heterocycles. The zero-order chi connectivity index (χ0) is 18.6. The highest BCUT2D eigenvalue weighted by molar-refractivity contribution is 7.16. The number of hydrogen-bond donors (Lipinski definition) is 1. The second-order valence-corrected chi connectivity index (χ2v) is 7.41. The maximum Gasteiger partial charge on any atom is 0.349 e. The van der Waals surface area contributed by atoms with Gasteiger partial charge in [-0.2, -0.15) is 0 Å². The lowest BCUT2D eigenvalue weighted by atomic mass is 10.1. The van der Waals surface area contributed by atoms with E-state index in [1.807, 2.05) is 13.0 Å². The number of aryl methyl sites for hydroxylation is 2. The van der Waals surface area contributed by atoms with Crippen molar-refractivity contribution in [2.75, 3.05) is 18.5 Å². The highest BCUT2D eigenvalue weighted by atomic mass is 32.1. The SMILES string of the molecule is CCOC(=O)c1c(NC(=O)COC(=O)c2sccc2C)sc(C)c1C. The van der Waals surface area contributed by atoms with Gasteiger partial charge >= 0.3 is 11.9 Å². The van der Waals surface area contributed by atoms with Gasteiger partial charge in [-0.3, -0.25) is 4.79 Å². The molecule has 1 amide bonds. The number of carbonyl (C=O) groups is 3. The smallest absolute Gasteiger partial charge is 0.349 e. The number of thiophene rings is 2. The van der Waals surface area contributed by atoms with E-state index in [0.717, 1.165) is 16.0 Å². The van der Waals surface area contributed by atoms with E-state index in [4.69, 9.17) is 9.47 Å². The molecule has 0 saturated carbocycles. The first-order valence-electron chi connectivity index (χ1n) is 7.63. The third-order valence-corrected chi connectivity index (χ3v) is 5.62. The monoisotopic (exact) mass is 381 g/mol. The summed E-state index contributed by atoms with van der Waals surface area (Å²) in [6.07, 6.45) is 0. The molecule has 0 radical (unpaired) electrons. The van der Waals surface area contributed by atoms with E-state index < -0.39 is 24.5 Å². The quantitative estimate of drug-likeness (QED) is 0.772. The first kappa shape index (κ1) is 19.1. The first-order valence-corrected chi connectivity index (χ1v) is 9.32. The lowest BCUT2D eigenvalue weighted by Crippen LogP contribution is -2.21. The van der Waals surface area contributed by atoms with Gasteiger partial charge in [0.25, 0.3) is 5.91 Å². The summed E-state index contributed by atoms with van der Waals surface area (Å²) in [5, 5.41) is 4.82. The number of esters is 2. The topological polar surface area (TPSA) is 81.7 Å². The van der Waals surface area contributed by atoms with Crippen LogP contribution in [0.4, 0.5) is 5.00 Å². The van der Waals surface area contributed by atoms with Crippen molar-refractivity contribution in [3.63, 3.8) is 0 Å². The van der Waals surface area contributed by atoms with E-state index >= 15 is 0 Å². The molecule has 2 aromatic heterocycles. The van der Waals surface area contributed by atoms with Crippen molar-refractivity contribution < 1.29 is 23.9 Å². The average Bonchev–Trinajstić information content (AvgIpc) is 3.09. The number of ether oxygens (including phenoxy) is 2. The molecular formula is C17H19NO5S2. The molecule has 8 heteroatoms. The third kappa shape index (κ3) is 4.46. The highest BCUT2D eigenvalue weighted by Crippen LogP contribution is 2.33. The molecule has 2 heterocycles. The Morgan fingerprint density at radius 3 is 2.44 bits per heavy atom. The number of nitrogens with one attached hydrogen (secondary N) is 1. The summed E-state index contributed by atoms with van der Waals surface area (Å²) in [6, 6.07) is 1.81. The maximum absolute atomic E-state index is 12.1. The summed E-state index contributed by atoms with van der Waals surface area (Å²) in [6.45, 7) is 7.00. The van der Waals surface area contributed by atoms with E-state index in [-0.39, 0.29) is 6.61 Å². The Bertz CT molecular complexity index is 806. The van der Waals surface area contributed by atoms with Crippen molar-refractivity contribution in [1.29, 1.82) is 0 Å². The maximum atomic E-state index is 12.1. The predicted molar refractivity (Wildman–Crippen MR) is 97.7 cm³/mol. The van der Waals surface area contributed by atoms with Crippen molar-refractivity contribution >= 4 is 45.5 Å². The van der Waals surface area contributed by atoms with Gasteiger partial charge in [-0.15, -0.1) is 22.7 Å². The summed E-state index contributed by atoms with van der Waals surface area (Å²) in [7, 11) is 0. The Labute approximate surface area is 153 Å². The van der Waals surface area contributed by atoms with Crippen LogP contribution < -0.4 is 5.32 Å². The van der Waals surface area contributed by atoms with Gasteiger partial charge in [0.05, 0.1) is 12.2 Å². The molecule has 0 fully saturated rings. The fraction of sp³-hybridized carbons (Fsp3) is 0.353. The molecule has 0 aliphatic rings. The molecule has 0 aromatic carbocycles. The molecule has 1 N–H and O–H groups in total. The zero-order valence-corrected chi connectivity index (χ0v) is 16.1. The fourth-order valence-corrected chi connectivity index (χ4v) is 3.99. The molecular weight excluding hydrogens is 362 g/mol. The minimum Gasteiger partial charge on any atom is -0.462 e. The van der Waals surface area contributed by atoms with Crippen molar-refractivity contribution in [2.24, 2.45) is 0 Å². The largest absolute Gasteiger partial charge is 0.462 e. The zero-order valence-electron chi connectivity index (χ0n) is 14.4. The van der Waals surface area contributed by atoms with E-state index in [1.54, 1.807) is 26.2 Å². The predicted octanol–water partition coefficient (Wildman–Crippen LogP) is 3.71. The lowest BCUT2D eigenvalue weighted by Gasteiger charge is -2.08. The van der Waals surface area contributed by atoms with Gasteiger partial charge in [0.2, 0.25) is 0 Å². The van der Waals surface area contributed by atoms with Crippen LogP contribution >= 0.6 is 22.7 Å².